The van der Waals surface area contributed by atoms with Gasteiger partial charge in [0.05, 0.1) is 17.2 Å². The molecule has 1 amide bonds. The van der Waals surface area contributed by atoms with Crippen molar-refractivity contribution in [1.82, 2.24) is 4.90 Å². The number of fused-ring (bicyclic) bond motifs is 1. The van der Waals surface area contributed by atoms with E-state index in [1.807, 2.05) is 39.0 Å². The highest BCUT2D eigenvalue weighted by molar-refractivity contribution is 8.17. The molecule has 0 aliphatic carbocycles. The van der Waals surface area contributed by atoms with E-state index in [-0.39, 0.29) is 18.0 Å². The smallest absolute Gasteiger partial charge is 0.283 e. The number of hydrogen-bond acceptors (Lipinski definition) is 6. The van der Waals surface area contributed by atoms with Crippen LogP contribution in [0.4, 0.5) is 0 Å². The van der Waals surface area contributed by atoms with Crippen LogP contribution in [0.2, 0.25) is 5.02 Å². The van der Waals surface area contributed by atoms with Crippen LogP contribution in [0.3, 0.4) is 0 Å². The third-order valence-corrected chi connectivity index (χ3v) is 6.59. The molecule has 4 rings (SSSR count). The number of aryl methyl sites for hydroxylation is 2. The number of halogens is 1. The zero-order valence-corrected chi connectivity index (χ0v) is 21.5. The summed E-state index contributed by atoms with van der Waals surface area (Å²) in [6.07, 6.45) is 3.39. The van der Waals surface area contributed by atoms with Crippen molar-refractivity contribution in [1.29, 1.82) is 5.41 Å². The molecule has 0 bridgehead atoms. The number of thioether (sulfide) groups is 1. The number of aliphatic imine (C=N–C) groups is 1. The molecule has 2 heterocycles. The summed E-state index contributed by atoms with van der Waals surface area (Å²) < 4.78 is 17.4. The highest BCUT2D eigenvalue weighted by atomic mass is 35.5. The van der Waals surface area contributed by atoms with Crippen LogP contribution in [-0.4, -0.2) is 41.6 Å². The lowest BCUT2D eigenvalue weighted by Crippen LogP contribution is -2.35. The van der Waals surface area contributed by atoms with E-state index in [1.54, 1.807) is 29.3 Å². The summed E-state index contributed by atoms with van der Waals surface area (Å²) in [4.78, 5) is 19.3. The SMILES string of the molecule is CCOc1cc(/C=C2/C(=N)N3C=C(C)SC3=NC2=O)cc(Cl)c1OCCOc1ccc(C)c(C)c1. The zero-order valence-electron chi connectivity index (χ0n) is 20.0. The Bertz CT molecular complexity index is 1290. The van der Waals surface area contributed by atoms with Crippen molar-refractivity contribution in [3.05, 3.63) is 68.7 Å². The van der Waals surface area contributed by atoms with Crippen molar-refractivity contribution >= 4 is 46.3 Å². The largest absolute Gasteiger partial charge is 0.490 e. The number of nitrogens with one attached hydrogen (secondary N) is 1. The lowest BCUT2D eigenvalue weighted by Gasteiger charge is -2.22. The van der Waals surface area contributed by atoms with Gasteiger partial charge in [0.1, 0.15) is 24.8 Å². The maximum atomic E-state index is 12.6. The second-order valence-electron chi connectivity index (χ2n) is 8.02. The number of benzene rings is 2. The Hall–Kier alpha value is -3.23. The van der Waals surface area contributed by atoms with Crippen molar-refractivity contribution in [2.75, 3.05) is 19.8 Å². The molecule has 2 aliphatic rings. The van der Waals surface area contributed by atoms with Gasteiger partial charge in [0.2, 0.25) is 0 Å². The third kappa shape index (κ3) is 5.55. The first-order valence-corrected chi connectivity index (χ1v) is 12.3. The number of carbonyl (C=O) groups is 1. The van der Waals surface area contributed by atoms with Crippen LogP contribution in [0.25, 0.3) is 6.08 Å². The number of allylic oxidation sites excluding steroid dienone is 1. The van der Waals surface area contributed by atoms with Crippen LogP contribution in [0.1, 0.15) is 30.5 Å². The molecule has 0 unspecified atom stereocenters. The summed E-state index contributed by atoms with van der Waals surface area (Å²) in [6, 6.07) is 9.35. The van der Waals surface area contributed by atoms with Gasteiger partial charge in [0.15, 0.2) is 16.7 Å². The normalized spacial score (nSPS) is 16.3. The Labute approximate surface area is 213 Å². The Morgan fingerprint density at radius 3 is 2.60 bits per heavy atom. The van der Waals surface area contributed by atoms with E-state index < -0.39 is 5.91 Å². The number of rotatable bonds is 8. The minimum atomic E-state index is -0.463. The van der Waals surface area contributed by atoms with Gasteiger partial charge in [-0.3, -0.25) is 15.1 Å². The van der Waals surface area contributed by atoms with Gasteiger partial charge >= 0.3 is 0 Å². The summed E-state index contributed by atoms with van der Waals surface area (Å²) in [6.45, 7) is 8.88. The predicted molar refractivity (Wildman–Crippen MR) is 141 cm³/mol. The summed E-state index contributed by atoms with van der Waals surface area (Å²) in [5.74, 6) is 1.24. The van der Waals surface area contributed by atoms with Crippen molar-refractivity contribution in [2.24, 2.45) is 4.99 Å². The molecule has 1 N–H and O–H groups in total. The molecule has 35 heavy (non-hydrogen) atoms. The van der Waals surface area contributed by atoms with Gasteiger partial charge in [-0.05, 0) is 74.7 Å². The fourth-order valence-electron chi connectivity index (χ4n) is 3.55. The average molecular weight is 512 g/mol. The van der Waals surface area contributed by atoms with E-state index >= 15 is 0 Å². The fraction of sp³-hybridized carbons (Fsp3) is 0.269. The van der Waals surface area contributed by atoms with Crippen LogP contribution < -0.4 is 14.2 Å². The van der Waals surface area contributed by atoms with Crippen LogP contribution in [0.15, 0.2) is 52.0 Å². The monoisotopic (exact) mass is 511 g/mol. The maximum Gasteiger partial charge on any atom is 0.283 e. The molecule has 0 fully saturated rings. The van der Waals surface area contributed by atoms with Crippen LogP contribution in [-0.2, 0) is 4.79 Å². The van der Waals surface area contributed by atoms with Gasteiger partial charge in [-0.15, -0.1) is 0 Å². The van der Waals surface area contributed by atoms with Crippen molar-refractivity contribution in [3.63, 3.8) is 0 Å². The molecule has 7 nitrogen and oxygen atoms in total. The summed E-state index contributed by atoms with van der Waals surface area (Å²) >= 11 is 7.91. The second kappa shape index (κ2) is 10.6. The van der Waals surface area contributed by atoms with E-state index in [0.29, 0.717) is 40.5 Å². The Morgan fingerprint density at radius 1 is 1.09 bits per heavy atom. The fourth-order valence-corrected chi connectivity index (χ4v) is 4.64. The van der Waals surface area contributed by atoms with Crippen molar-refractivity contribution in [3.8, 4) is 17.2 Å². The molecule has 182 valence electrons. The number of nitrogens with zero attached hydrogens (tertiary/aromatic N) is 2. The highest BCUT2D eigenvalue weighted by Crippen LogP contribution is 2.38. The molecule has 0 saturated carbocycles. The molecule has 2 aliphatic heterocycles. The molecular weight excluding hydrogens is 486 g/mol. The number of hydrogen-bond donors (Lipinski definition) is 1. The van der Waals surface area contributed by atoms with Gasteiger partial charge in [-0.2, -0.15) is 4.99 Å². The molecule has 0 atom stereocenters. The first-order chi connectivity index (χ1) is 16.8. The number of ether oxygens (including phenoxy) is 3. The Balaban J connectivity index is 1.50. The second-order valence-corrected chi connectivity index (χ2v) is 9.64. The highest BCUT2D eigenvalue weighted by Gasteiger charge is 2.33. The van der Waals surface area contributed by atoms with E-state index in [2.05, 4.69) is 11.9 Å². The number of carbonyl (C=O) groups excluding carboxylic acids is 1. The lowest BCUT2D eigenvalue weighted by molar-refractivity contribution is -0.114. The molecule has 0 aromatic heterocycles. The van der Waals surface area contributed by atoms with Gasteiger partial charge in [-0.1, -0.05) is 29.4 Å². The standard InChI is InChI=1S/C26H26ClN3O4S/c1-5-32-22-13-18(11-20-24(28)30-14-17(4)35-26(30)29-25(20)31)12-21(27)23(22)34-9-8-33-19-7-6-15(2)16(3)10-19/h6-7,10-14,28H,5,8-9H2,1-4H3/b20-11-,28-24?. The average Bonchev–Trinajstić information content (AvgIpc) is 3.18. The van der Waals surface area contributed by atoms with E-state index in [9.17, 15) is 4.79 Å². The first-order valence-electron chi connectivity index (χ1n) is 11.1. The maximum absolute atomic E-state index is 12.6. The molecule has 0 saturated heterocycles. The van der Waals surface area contributed by atoms with Gasteiger partial charge in [0, 0.05) is 11.1 Å². The lowest BCUT2D eigenvalue weighted by atomic mass is 10.1. The summed E-state index contributed by atoms with van der Waals surface area (Å²) in [5.41, 5.74) is 3.15. The van der Waals surface area contributed by atoms with Gasteiger partial charge in [0.25, 0.3) is 5.91 Å². The molecule has 0 radical (unpaired) electrons. The Morgan fingerprint density at radius 2 is 1.86 bits per heavy atom. The Kier molecular flexibility index (Phi) is 7.52. The van der Waals surface area contributed by atoms with Crippen LogP contribution in [0, 0.1) is 19.3 Å². The molecule has 0 spiro atoms. The topological polar surface area (TPSA) is 84.2 Å². The zero-order chi connectivity index (χ0) is 25.1. The van der Waals surface area contributed by atoms with Gasteiger partial charge in [-0.25, -0.2) is 0 Å². The summed E-state index contributed by atoms with van der Waals surface area (Å²) in [5, 5.41) is 9.31. The molecule has 9 heteroatoms. The molecule has 2 aromatic rings. The third-order valence-electron chi connectivity index (χ3n) is 5.41. The minimum absolute atomic E-state index is 0.0715. The van der Waals surface area contributed by atoms with E-state index in [0.717, 1.165) is 16.2 Å². The predicted octanol–water partition coefficient (Wildman–Crippen LogP) is 5.98. The van der Waals surface area contributed by atoms with E-state index in [4.69, 9.17) is 31.2 Å². The minimum Gasteiger partial charge on any atom is -0.490 e. The van der Waals surface area contributed by atoms with Crippen LogP contribution in [0.5, 0.6) is 17.2 Å². The number of amides is 1. The first kappa shape index (κ1) is 24.9. The van der Waals surface area contributed by atoms with Gasteiger partial charge < -0.3 is 14.2 Å². The quantitative estimate of drug-likeness (QED) is 0.346. The van der Waals surface area contributed by atoms with Crippen LogP contribution >= 0.6 is 23.4 Å². The van der Waals surface area contributed by atoms with E-state index in [1.165, 1.54) is 17.3 Å². The molecular formula is C26H26ClN3O4S. The summed E-state index contributed by atoms with van der Waals surface area (Å²) in [7, 11) is 0. The number of amidine groups is 2. The molecule has 2 aromatic carbocycles. The van der Waals surface area contributed by atoms with Crippen molar-refractivity contribution in [2.45, 2.75) is 27.7 Å². The van der Waals surface area contributed by atoms with Crippen molar-refractivity contribution < 1.29 is 19.0 Å².